The quantitative estimate of drug-likeness (QED) is 0.650. The molecule has 0 aromatic carbocycles. The molecule has 5 nitrogen and oxygen atoms in total. The van der Waals surface area contributed by atoms with Gasteiger partial charge in [-0.05, 0) is 12.1 Å². The third-order valence-corrected chi connectivity index (χ3v) is 1.75. The number of hydrogen-bond acceptors (Lipinski definition) is 3. The van der Waals surface area contributed by atoms with Gasteiger partial charge < -0.3 is 10.8 Å². The largest absolute Gasteiger partial charge is 0.492 e. The molecule has 5 heteroatoms. The maximum Gasteiger partial charge on any atom is 0.285 e. The molecule has 0 fully saturated rings. The number of pyridine rings is 1. The molecule has 0 unspecified atom stereocenters. The summed E-state index contributed by atoms with van der Waals surface area (Å²) >= 11 is 0. The monoisotopic (exact) mass is 177 g/mol. The van der Waals surface area contributed by atoms with E-state index in [4.69, 9.17) is 5.73 Å². The van der Waals surface area contributed by atoms with Crippen LogP contribution in [0.5, 0.6) is 5.88 Å². The minimum atomic E-state index is -0.665. The van der Waals surface area contributed by atoms with Crippen LogP contribution in [0.4, 0.5) is 0 Å². The number of nitrogens with zero attached hydrogens (tertiary/aromatic N) is 2. The molecule has 1 amide bonds. The fourth-order valence-electron chi connectivity index (χ4n) is 1.20. The number of nitrogens with two attached hydrogens (primary N) is 1. The van der Waals surface area contributed by atoms with Crippen LogP contribution in [0, 0.1) is 0 Å². The van der Waals surface area contributed by atoms with E-state index >= 15 is 0 Å². The second-order valence-corrected chi connectivity index (χ2v) is 2.58. The highest BCUT2D eigenvalue weighted by molar-refractivity contribution is 5.91. The zero-order valence-electron chi connectivity index (χ0n) is 6.64. The lowest BCUT2D eigenvalue weighted by Crippen LogP contribution is -2.14. The van der Waals surface area contributed by atoms with Crippen LogP contribution < -0.4 is 5.73 Å². The summed E-state index contributed by atoms with van der Waals surface area (Å²) in [6.07, 6.45) is 1.61. The van der Waals surface area contributed by atoms with E-state index in [1.807, 2.05) is 0 Å². The molecule has 0 aliphatic carbocycles. The van der Waals surface area contributed by atoms with Crippen molar-refractivity contribution in [2.24, 2.45) is 5.73 Å². The Kier molecular flexibility index (Phi) is 1.45. The van der Waals surface area contributed by atoms with Crippen molar-refractivity contribution in [1.29, 1.82) is 0 Å². The number of imidazole rings is 1. The first-order valence-corrected chi connectivity index (χ1v) is 3.66. The summed E-state index contributed by atoms with van der Waals surface area (Å²) in [5.41, 5.74) is 5.53. The molecule has 0 radical (unpaired) electrons. The number of hydrogen-bond donors (Lipinski definition) is 2. The Balaban J connectivity index is 2.85. The maximum absolute atomic E-state index is 10.9. The fraction of sp³-hybridized carbons (Fsp3) is 0. The van der Waals surface area contributed by atoms with Gasteiger partial charge in [0.2, 0.25) is 11.7 Å². The van der Waals surface area contributed by atoms with Crippen molar-refractivity contribution in [3.05, 3.63) is 30.2 Å². The molecule has 0 aliphatic rings. The number of rotatable bonds is 1. The summed E-state index contributed by atoms with van der Waals surface area (Å²) in [4.78, 5) is 14.5. The standard InChI is InChI=1S/C8H7N3O2/c9-6(12)7-10-8(13)5-3-1-2-4-11(5)7/h1-4,13H,(H2,9,12). The normalized spacial score (nSPS) is 10.5. The molecule has 2 rings (SSSR count). The number of carbonyl (C=O) groups is 1. The van der Waals surface area contributed by atoms with Crippen LogP contribution in [-0.4, -0.2) is 20.4 Å². The second kappa shape index (κ2) is 2.48. The van der Waals surface area contributed by atoms with Gasteiger partial charge in [-0.1, -0.05) is 6.07 Å². The highest BCUT2D eigenvalue weighted by Gasteiger charge is 2.12. The lowest BCUT2D eigenvalue weighted by Gasteiger charge is -1.93. The van der Waals surface area contributed by atoms with Crippen LogP contribution in [0.2, 0.25) is 0 Å². The molecule has 0 saturated carbocycles. The van der Waals surface area contributed by atoms with Crippen LogP contribution in [0.3, 0.4) is 0 Å². The molecule has 0 atom stereocenters. The van der Waals surface area contributed by atoms with Crippen LogP contribution in [0.1, 0.15) is 10.6 Å². The molecule has 0 saturated heterocycles. The van der Waals surface area contributed by atoms with Crippen molar-refractivity contribution < 1.29 is 9.90 Å². The van der Waals surface area contributed by atoms with Crippen molar-refractivity contribution in [3.63, 3.8) is 0 Å². The summed E-state index contributed by atoms with van der Waals surface area (Å²) in [5, 5.41) is 9.30. The molecule has 0 bridgehead atoms. The van der Waals surface area contributed by atoms with Gasteiger partial charge in [0, 0.05) is 6.20 Å². The van der Waals surface area contributed by atoms with E-state index in [1.54, 1.807) is 24.4 Å². The molecular formula is C8H7N3O2. The molecule has 3 N–H and O–H groups in total. The zero-order valence-corrected chi connectivity index (χ0v) is 6.64. The Bertz CT molecular complexity index is 475. The Labute approximate surface area is 73.4 Å². The van der Waals surface area contributed by atoms with Gasteiger partial charge in [0.15, 0.2) is 0 Å². The Morgan fingerprint density at radius 3 is 3.00 bits per heavy atom. The molecule has 66 valence electrons. The van der Waals surface area contributed by atoms with E-state index in [0.717, 1.165) is 0 Å². The fourth-order valence-corrected chi connectivity index (χ4v) is 1.20. The number of primary amides is 1. The predicted octanol–water partition coefficient (Wildman–Crippen LogP) is 0.139. The van der Waals surface area contributed by atoms with Gasteiger partial charge in [-0.3, -0.25) is 9.20 Å². The molecule has 0 aliphatic heterocycles. The lowest BCUT2D eigenvalue weighted by molar-refractivity contribution is 0.0989. The molecule has 2 aromatic heterocycles. The number of fused-ring (bicyclic) bond motifs is 1. The summed E-state index contributed by atoms with van der Waals surface area (Å²) < 4.78 is 1.44. The van der Waals surface area contributed by atoms with E-state index in [0.29, 0.717) is 5.52 Å². The van der Waals surface area contributed by atoms with E-state index in [2.05, 4.69) is 4.98 Å². The van der Waals surface area contributed by atoms with E-state index in [9.17, 15) is 9.90 Å². The number of amides is 1. The summed E-state index contributed by atoms with van der Waals surface area (Å²) in [6.45, 7) is 0. The molecule has 0 spiro atoms. The van der Waals surface area contributed by atoms with Crippen molar-refractivity contribution in [3.8, 4) is 5.88 Å². The average Bonchev–Trinajstić information content (AvgIpc) is 2.45. The van der Waals surface area contributed by atoms with Gasteiger partial charge in [0.25, 0.3) is 5.91 Å². The van der Waals surface area contributed by atoms with Gasteiger partial charge in [-0.25, -0.2) is 0 Å². The van der Waals surface area contributed by atoms with Crippen molar-refractivity contribution >= 4 is 11.4 Å². The molecule has 2 heterocycles. The molecule has 13 heavy (non-hydrogen) atoms. The van der Waals surface area contributed by atoms with Gasteiger partial charge in [-0.15, -0.1) is 0 Å². The van der Waals surface area contributed by atoms with Crippen LogP contribution in [-0.2, 0) is 0 Å². The summed E-state index contributed by atoms with van der Waals surface area (Å²) in [6, 6.07) is 5.11. The number of aromatic nitrogens is 2. The first-order valence-electron chi connectivity index (χ1n) is 3.66. The van der Waals surface area contributed by atoms with Gasteiger partial charge >= 0.3 is 0 Å². The zero-order chi connectivity index (χ0) is 9.42. The van der Waals surface area contributed by atoms with Crippen molar-refractivity contribution in [2.45, 2.75) is 0 Å². The van der Waals surface area contributed by atoms with Gasteiger partial charge in [0.1, 0.15) is 5.52 Å². The Morgan fingerprint density at radius 2 is 2.31 bits per heavy atom. The third-order valence-electron chi connectivity index (χ3n) is 1.75. The second-order valence-electron chi connectivity index (χ2n) is 2.58. The highest BCUT2D eigenvalue weighted by atomic mass is 16.3. The third kappa shape index (κ3) is 1.01. The summed E-state index contributed by atoms with van der Waals surface area (Å²) in [7, 11) is 0. The minimum Gasteiger partial charge on any atom is -0.492 e. The number of aromatic hydroxyl groups is 1. The first kappa shape index (κ1) is 7.60. The summed E-state index contributed by atoms with van der Waals surface area (Å²) in [5.74, 6) is -0.816. The smallest absolute Gasteiger partial charge is 0.285 e. The predicted molar refractivity (Wildman–Crippen MR) is 45.4 cm³/mol. The van der Waals surface area contributed by atoms with Crippen LogP contribution in [0.25, 0.3) is 5.52 Å². The van der Waals surface area contributed by atoms with Crippen LogP contribution >= 0.6 is 0 Å². The van der Waals surface area contributed by atoms with E-state index in [1.165, 1.54) is 4.40 Å². The SMILES string of the molecule is NC(=O)c1nc(O)c2ccccn12. The lowest BCUT2D eigenvalue weighted by atomic mass is 10.4. The topological polar surface area (TPSA) is 80.6 Å². The van der Waals surface area contributed by atoms with Crippen LogP contribution in [0.15, 0.2) is 24.4 Å². The van der Waals surface area contributed by atoms with E-state index < -0.39 is 5.91 Å². The highest BCUT2D eigenvalue weighted by Crippen LogP contribution is 2.17. The van der Waals surface area contributed by atoms with E-state index in [-0.39, 0.29) is 11.7 Å². The molecule has 2 aromatic rings. The van der Waals surface area contributed by atoms with Gasteiger partial charge in [-0.2, -0.15) is 4.98 Å². The average molecular weight is 177 g/mol. The number of carbonyl (C=O) groups excluding carboxylic acids is 1. The molecular weight excluding hydrogens is 170 g/mol. The van der Waals surface area contributed by atoms with Crippen molar-refractivity contribution in [1.82, 2.24) is 9.38 Å². The first-order chi connectivity index (χ1) is 6.20. The Hall–Kier alpha value is -2.04. The Morgan fingerprint density at radius 1 is 1.54 bits per heavy atom. The minimum absolute atomic E-state index is 0.0353. The van der Waals surface area contributed by atoms with Crippen molar-refractivity contribution in [2.75, 3.05) is 0 Å². The van der Waals surface area contributed by atoms with Gasteiger partial charge in [0.05, 0.1) is 0 Å². The maximum atomic E-state index is 10.9.